The number of benzene rings is 2. The van der Waals surface area contributed by atoms with Crippen LogP contribution in [0.2, 0.25) is 0 Å². The Morgan fingerprint density at radius 1 is 0.905 bits per heavy atom. The van der Waals surface area contributed by atoms with Crippen LogP contribution in [-0.4, -0.2) is 107 Å². The summed E-state index contributed by atoms with van der Waals surface area (Å²) in [6, 6.07) is 21.7. The number of aromatic nitrogens is 2. The molecule has 0 saturated carbocycles. The van der Waals surface area contributed by atoms with Crippen LogP contribution in [0.3, 0.4) is 0 Å². The molecule has 1 aromatic heterocycles. The van der Waals surface area contributed by atoms with Crippen molar-refractivity contribution in [2.75, 3.05) is 59.7 Å². The van der Waals surface area contributed by atoms with Crippen LogP contribution in [-0.2, 0) is 11.3 Å². The summed E-state index contributed by atoms with van der Waals surface area (Å²) in [7, 11) is 1.53. The van der Waals surface area contributed by atoms with E-state index >= 15 is 0 Å². The van der Waals surface area contributed by atoms with Crippen LogP contribution in [0.4, 0.5) is 0 Å². The van der Waals surface area contributed by atoms with Crippen molar-refractivity contribution in [1.29, 1.82) is 0 Å². The minimum atomic E-state index is -0.477. The van der Waals surface area contributed by atoms with Crippen LogP contribution in [0.25, 0.3) is 0 Å². The molecule has 5 rings (SSSR count). The highest BCUT2D eigenvalue weighted by atomic mass is 16.5. The van der Waals surface area contributed by atoms with E-state index in [-0.39, 0.29) is 29.9 Å². The number of fused-ring (bicyclic) bond motifs is 1. The molecule has 10 heteroatoms. The standard InChI is InChI=1S/C32H41N5O5/c1-4-41-30-26(31(42-5-2)34-32(33-30)40-3)20-35-18-25-19-36(28(39)22-38)16-17-37(25)27(21-35)29(23-12-8-6-9-13-23)24-14-10-7-11-15-24/h6-15,25,27,29,38H,4-5,16-22H2,1-3H3/t25-,27+/m1/s1. The average molecular weight is 576 g/mol. The first-order chi connectivity index (χ1) is 20.6. The zero-order valence-electron chi connectivity index (χ0n) is 24.7. The van der Waals surface area contributed by atoms with Crippen LogP contribution in [0.1, 0.15) is 36.5 Å². The third kappa shape index (κ3) is 6.51. The second-order valence-electron chi connectivity index (χ2n) is 10.6. The third-order valence-electron chi connectivity index (χ3n) is 8.10. The second kappa shape index (κ2) is 14.0. The highest BCUT2D eigenvalue weighted by Gasteiger charge is 2.43. The van der Waals surface area contributed by atoms with Crippen LogP contribution in [0.5, 0.6) is 17.8 Å². The fraction of sp³-hybridized carbons (Fsp3) is 0.469. The summed E-state index contributed by atoms with van der Waals surface area (Å²) in [4.78, 5) is 28.3. The maximum Gasteiger partial charge on any atom is 0.322 e. The van der Waals surface area contributed by atoms with Gasteiger partial charge in [0, 0.05) is 57.3 Å². The van der Waals surface area contributed by atoms with Gasteiger partial charge in [-0.15, -0.1) is 0 Å². The molecule has 224 valence electrons. The van der Waals surface area contributed by atoms with Crippen LogP contribution >= 0.6 is 0 Å². The van der Waals surface area contributed by atoms with Gasteiger partial charge in [0.1, 0.15) is 6.61 Å². The Kier molecular flexibility index (Phi) is 9.89. The largest absolute Gasteiger partial charge is 0.477 e. The van der Waals surface area contributed by atoms with E-state index in [0.29, 0.717) is 44.6 Å². The number of methoxy groups -OCH3 is 1. The molecule has 0 spiro atoms. The number of aliphatic hydroxyl groups excluding tert-OH is 1. The highest BCUT2D eigenvalue weighted by Crippen LogP contribution is 2.37. The SMILES string of the molecule is CCOc1nc(OC)nc(OCC)c1CN1C[C@@H]2CN(C(=O)CO)CCN2[C@H](C(c2ccccc2)c2ccccc2)C1. The number of piperazine rings is 2. The van der Waals surface area contributed by atoms with Gasteiger partial charge in [-0.05, 0) is 25.0 Å². The summed E-state index contributed by atoms with van der Waals surface area (Å²) < 4.78 is 17.3. The number of aliphatic hydroxyl groups is 1. The van der Waals surface area contributed by atoms with Gasteiger partial charge in [0.2, 0.25) is 17.7 Å². The molecule has 2 atom stereocenters. The first kappa shape index (κ1) is 29.8. The van der Waals surface area contributed by atoms with E-state index in [1.165, 1.54) is 18.2 Å². The van der Waals surface area contributed by atoms with Gasteiger partial charge in [0.25, 0.3) is 0 Å². The van der Waals surface area contributed by atoms with Crippen molar-refractivity contribution >= 4 is 5.91 Å². The number of amides is 1. The molecule has 2 aliphatic rings. The van der Waals surface area contributed by atoms with Gasteiger partial charge in [-0.1, -0.05) is 60.7 Å². The van der Waals surface area contributed by atoms with E-state index in [0.717, 1.165) is 25.2 Å². The number of rotatable bonds is 11. The van der Waals surface area contributed by atoms with E-state index < -0.39 is 6.61 Å². The number of hydrogen-bond acceptors (Lipinski definition) is 9. The molecule has 42 heavy (non-hydrogen) atoms. The molecule has 2 saturated heterocycles. The van der Waals surface area contributed by atoms with Gasteiger partial charge in [0.05, 0.1) is 25.9 Å². The molecule has 0 unspecified atom stereocenters. The zero-order valence-corrected chi connectivity index (χ0v) is 24.7. The fourth-order valence-electron chi connectivity index (χ4n) is 6.31. The normalized spacial score (nSPS) is 19.4. The second-order valence-corrected chi connectivity index (χ2v) is 10.6. The fourth-order valence-corrected chi connectivity index (χ4v) is 6.31. The number of nitrogens with zero attached hydrogens (tertiary/aromatic N) is 5. The minimum Gasteiger partial charge on any atom is -0.477 e. The predicted molar refractivity (Wildman–Crippen MR) is 159 cm³/mol. The lowest BCUT2D eigenvalue weighted by molar-refractivity contribution is -0.139. The summed E-state index contributed by atoms with van der Waals surface area (Å²) in [5.41, 5.74) is 3.28. The van der Waals surface area contributed by atoms with Crippen molar-refractivity contribution in [1.82, 2.24) is 24.7 Å². The first-order valence-corrected chi connectivity index (χ1v) is 14.7. The smallest absolute Gasteiger partial charge is 0.322 e. The Hall–Kier alpha value is -3.73. The average Bonchev–Trinajstić information content (AvgIpc) is 3.03. The quantitative estimate of drug-likeness (QED) is 0.370. The molecule has 2 fully saturated rings. The molecule has 1 N–H and O–H groups in total. The summed E-state index contributed by atoms with van der Waals surface area (Å²) in [5.74, 6) is 0.791. The highest BCUT2D eigenvalue weighted by molar-refractivity contribution is 5.77. The Morgan fingerprint density at radius 2 is 1.50 bits per heavy atom. The van der Waals surface area contributed by atoms with Gasteiger partial charge in [0.15, 0.2) is 0 Å². The Bertz CT molecular complexity index is 1240. The first-order valence-electron chi connectivity index (χ1n) is 14.7. The third-order valence-corrected chi connectivity index (χ3v) is 8.10. The molecule has 2 aromatic carbocycles. The van der Waals surface area contributed by atoms with Crippen molar-refractivity contribution in [3.05, 3.63) is 77.4 Å². The van der Waals surface area contributed by atoms with Gasteiger partial charge in [-0.25, -0.2) is 0 Å². The van der Waals surface area contributed by atoms with E-state index in [1.54, 1.807) is 4.90 Å². The van der Waals surface area contributed by atoms with E-state index in [2.05, 4.69) is 80.4 Å². The Morgan fingerprint density at radius 3 is 2.02 bits per heavy atom. The van der Waals surface area contributed by atoms with Gasteiger partial charge in [-0.2, -0.15) is 9.97 Å². The molecule has 2 aliphatic heterocycles. The van der Waals surface area contributed by atoms with Gasteiger partial charge >= 0.3 is 6.01 Å². The van der Waals surface area contributed by atoms with Crippen molar-refractivity contribution in [2.24, 2.45) is 0 Å². The maximum atomic E-state index is 12.5. The number of carbonyl (C=O) groups excluding carboxylic acids is 1. The molecule has 3 aromatic rings. The lowest BCUT2D eigenvalue weighted by atomic mass is 9.81. The number of hydrogen-bond donors (Lipinski definition) is 1. The Balaban J connectivity index is 1.55. The van der Waals surface area contributed by atoms with Crippen molar-refractivity contribution in [2.45, 2.75) is 38.4 Å². The lowest BCUT2D eigenvalue weighted by Gasteiger charge is -2.53. The summed E-state index contributed by atoms with van der Waals surface area (Å²) >= 11 is 0. The number of ether oxygens (including phenoxy) is 3. The van der Waals surface area contributed by atoms with Crippen molar-refractivity contribution in [3.63, 3.8) is 0 Å². The summed E-state index contributed by atoms with van der Waals surface area (Å²) in [6.45, 7) is 8.17. The molecule has 0 bridgehead atoms. The molecule has 1 amide bonds. The maximum absolute atomic E-state index is 12.5. The lowest BCUT2D eigenvalue weighted by Crippen LogP contribution is -2.67. The number of carbonyl (C=O) groups is 1. The molecule has 0 aliphatic carbocycles. The van der Waals surface area contributed by atoms with Crippen LogP contribution in [0.15, 0.2) is 60.7 Å². The molecular formula is C32H41N5O5. The van der Waals surface area contributed by atoms with Gasteiger partial charge < -0.3 is 24.2 Å². The molecule has 0 radical (unpaired) electrons. The van der Waals surface area contributed by atoms with E-state index in [1.807, 2.05) is 13.8 Å². The Labute approximate surface area is 247 Å². The van der Waals surface area contributed by atoms with Crippen molar-refractivity contribution < 1.29 is 24.1 Å². The molecule has 3 heterocycles. The molecular weight excluding hydrogens is 534 g/mol. The summed E-state index contributed by atoms with van der Waals surface area (Å²) in [5, 5.41) is 9.61. The van der Waals surface area contributed by atoms with Gasteiger partial charge in [-0.3, -0.25) is 14.6 Å². The monoisotopic (exact) mass is 575 g/mol. The summed E-state index contributed by atoms with van der Waals surface area (Å²) in [6.07, 6.45) is 0. The predicted octanol–water partition coefficient (Wildman–Crippen LogP) is 2.80. The molecule has 10 nitrogen and oxygen atoms in total. The van der Waals surface area contributed by atoms with Crippen LogP contribution < -0.4 is 14.2 Å². The van der Waals surface area contributed by atoms with Crippen LogP contribution in [0, 0.1) is 0 Å². The minimum absolute atomic E-state index is 0.0770. The van der Waals surface area contributed by atoms with E-state index in [9.17, 15) is 9.90 Å². The topological polar surface area (TPSA) is 100 Å². The zero-order chi connectivity index (χ0) is 29.5. The van der Waals surface area contributed by atoms with E-state index in [4.69, 9.17) is 14.2 Å². The van der Waals surface area contributed by atoms with Crippen molar-refractivity contribution in [3.8, 4) is 17.8 Å².